The van der Waals surface area contributed by atoms with Crippen LogP contribution in [-0.4, -0.2) is 26.3 Å². The van der Waals surface area contributed by atoms with Crippen LogP contribution in [0.3, 0.4) is 0 Å². The van der Waals surface area contributed by atoms with E-state index in [1.54, 1.807) is 7.11 Å². The maximum atomic E-state index is 6.04. The average Bonchev–Trinajstić information content (AvgIpc) is 2.77. The van der Waals surface area contributed by atoms with E-state index in [2.05, 4.69) is 4.90 Å². The van der Waals surface area contributed by atoms with Crippen LogP contribution in [0.1, 0.15) is 12.8 Å². The quantitative estimate of drug-likeness (QED) is 0.839. The Morgan fingerprint density at radius 1 is 1.53 bits per heavy atom. The fourth-order valence-electron chi connectivity index (χ4n) is 2.32. The van der Waals surface area contributed by atoms with Gasteiger partial charge in [0.1, 0.15) is 5.75 Å². The van der Waals surface area contributed by atoms with Crippen molar-refractivity contribution in [1.29, 1.82) is 0 Å². The highest BCUT2D eigenvalue weighted by Crippen LogP contribution is 2.35. The van der Waals surface area contributed by atoms with E-state index >= 15 is 0 Å². The molecule has 1 atom stereocenters. The molecule has 1 aliphatic rings. The molecule has 0 saturated carbocycles. The molecule has 17 heavy (non-hydrogen) atoms. The second kappa shape index (κ2) is 5.58. The summed E-state index contributed by atoms with van der Waals surface area (Å²) in [5, 5.41) is 0.708. The number of ether oxygens (including phenoxy) is 1. The lowest BCUT2D eigenvalue weighted by Gasteiger charge is -2.27. The first kappa shape index (κ1) is 12.5. The molecule has 1 unspecified atom stereocenters. The Bertz CT molecular complexity index is 387. The molecule has 4 nitrogen and oxygen atoms in total. The van der Waals surface area contributed by atoms with Gasteiger partial charge in [-0.3, -0.25) is 0 Å². The normalized spacial score (nSPS) is 19.7. The van der Waals surface area contributed by atoms with Crippen molar-refractivity contribution in [2.24, 2.45) is 5.90 Å². The number of hydrogen-bond donors (Lipinski definition) is 1. The van der Waals surface area contributed by atoms with Crippen molar-refractivity contribution in [1.82, 2.24) is 0 Å². The minimum atomic E-state index is 0.298. The molecule has 0 aliphatic carbocycles. The standard InChI is InChI=1S/C12H17ClN2O2/c1-16-12-5-4-9(13)7-11(12)15-6-2-3-10(15)8-17-14/h4-5,7,10H,2-3,6,8,14H2,1H3. The molecule has 0 radical (unpaired) electrons. The van der Waals surface area contributed by atoms with Gasteiger partial charge in [0.15, 0.2) is 0 Å². The van der Waals surface area contributed by atoms with Gasteiger partial charge in [0, 0.05) is 11.6 Å². The monoisotopic (exact) mass is 256 g/mol. The molecule has 1 aromatic rings. The van der Waals surface area contributed by atoms with Crippen LogP contribution in [0.4, 0.5) is 5.69 Å². The molecule has 0 bridgehead atoms. The van der Waals surface area contributed by atoms with Crippen molar-refractivity contribution in [3.8, 4) is 5.75 Å². The predicted octanol–water partition coefficient (Wildman–Crippen LogP) is 2.21. The summed E-state index contributed by atoms with van der Waals surface area (Å²) in [7, 11) is 1.66. The summed E-state index contributed by atoms with van der Waals surface area (Å²) in [6.07, 6.45) is 2.20. The second-order valence-electron chi connectivity index (χ2n) is 4.14. The number of rotatable bonds is 4. The fourth-order valence-corrected chi connectivity index (χ4v) is 2.49. The second-order valence-corrected chi connectivity index (χ2v) is 4.58. The smallest absolute Gasteiger partial charge is 0.142 e. The van der Waals surface area contributed by atoms with Crippen LogP contribution < -0.4 is 15.5 Å². The summed E-state index contributed by atoms with van der Waals surface area (Å²) in [5.41, 5.74) is 1.01. The average molecular weight is 257 g/mol. The van der Waals surface area contributed by atoms with Gasteiger partial charge in [0.25, 0.3) is 0 Å². The van der Waals surface area contributed by atoms with Gasteiger partial charge in [0.2, 0.25) is 0 Å². The van der Waals surface area contributed by atoms with E-state index in [0.717, 1.165) is 30.8 Å². The molecule has 0 amide bonds. The van der Waals surface area contributed by atoms with Gasteiger partial charge in [-0.05, 0) is 31.0 Å². The Kier molecular flexibility index (Phi) is 4.10. The van der Waals surface area contributed by atoms with Gasteiger partial charge in [-0.15, -0.1) is 0 Å². The van der Waals surface area contributed by atoms with Crippen LogP contribution in [0.5, 0.6) is 5.75 Å². The number of hydrogen-bond acceptors (Lipinski definition) is 4. The predicted molar refractivity (Wildman–Crippen MR) is 68.5 cm³/mol. The zero-order valence-electron chi connectivity index (χ0n) is 9.86. The molecule has 0 spiro atoms. The zero-order valence-corrected chi connectivity index (χ0v) is 10.6. The first-order chi connectivity index (χ1) is 8.26. The molecule has 5 heteroatoms. The first-order valence-electron chi connectivity index (χ1n) is 5.68. The SMILES string of the molecule is COc1ccc(Cl)cc1N1CCCC1CON. The molecular weight excluding hydrogens is 240 g/mol. The fraction of sp³-hybridized carbons (Fsp3) is 0.500. The lowest BCUT2D eigenvalue weighted by Crippen LogP contribution is -2.34. The number of nitrogens with two attached hydrogens (primary N) is 1. The summed E-state index contributed by atoms with van der Waals surface area (Å²) >= 11 is 6.04. The zero-order chi connectivity index (χ0) is 12.3. The minimum Gasteiger partial charge on any atom is -0.495 e. The number of methoxy groups -OCH3 is 1. The van der Waals surface area contributed by atoms with Gasteiger partial charge in [-0.1, -0.05) is 11.6 Å². The van der Waals surface area contributed by atoms with Crippen molar-refractivity contribution in [3.05, 3.63) is 23.2 Å². The van der Waals surface area contributed by atoms with Crippen LogP contribution in [0.15, 0.2) is 18.2 Å². The maximum absolute atomic E-state index is 6.04. The number of nitrogens with zero attached hydrogens (tertiary/aromatic N) is 1. The van der Waals surface area contributed by atoms with Gasteiger partial charge in [-0.2, -0.15) is 0 Å². The van der Waals surface area contributed by atoms with Gasteiger partial charge in [0.05, 0.1) is 25.4 Å². The lowest BCUT2D eigenvalue weighted by molar-refractivity contribution is 0.124. The Balaban J connectivity index is 2.28. The molecule has 2 N–H and O–H groups in total. The van der Waals surface area contributed by atoms with E-state index in [1.807, 2.05) is 18.2 Å². The molecular formula is C12H17ClN2O2. The van der Waals surface area contributed by atoms with Crippen molar-refractivity contribution in [3.63, 3.8) is 0 Å². The topological polar surface area (TPSA) is 47.7 Å². The van der Waals surface area contributed by atoms with E-state index in [0.29, 0.717) is 17.7 Å². The third-order valence-corrected chi connectivity index (χ3v) is 3.35. The van der Waals surface area contributed by atoms with Crippen molar-refractivity contribution in [2.75, 3.05) is 25.2 Å². The molecule has 1 aliphatic heterocycles. The maximum Gasteiger partial charge on any atom is 0.142 e. The Morgan fingerprint density at radius 2 is 2.35 bits per heavy atom. The largest absolute Gasteiger partial charge is 0.495 e. The summed E-state index contributed by atoms with van der Waals surface area (Å²) in [5.74, 6) is 6.00. The van der Waals surface area contributed by atoms with Crippen LogP contribution in [0, 0.1) is 0 Å². The van der Waals surface area contributed by atoms with Crippen LogP contribution >= 0.6 is 11.6 Å². The Labute approximate surface area is 106 Å². The molecule has 94 valence electrons. The van der Waals surface area contributed by atoms with E-state index in [1.165, 1.54) is 0 Å². The molecule has 2 rings (SSSR count). The number of benzene rings is 1. The summed E-state index contributed by atoms with van der Waals surface area (Å²) in [4.78, 5) is 7.01. The number of anilines is 1. The molecule has 1 fully saturated rings. The Hall–Kier alpha value is -0.970. The van der Waals surface area contributed by atoms with E-state index in [9.17, 15) is 0 Å². The number of halogens is 1. The first-order valence-corrected chi connectivity index (χ1v) is 6.06. The molecule has 1 heterocycles. The van der Waals surface area contributed by atoms with Crippen LogP contribution in [0.25, 0.3) is 0 Å². The third kappa shape index (κ3) is 2.65. The van der Waals surface area contributed by atoms with Gasteiger partial charge in [-0.25, -0.2) is 5.90 Å². The van der Waals surface area contributed by atoms with Crippen LogP contribution in [0.2, 0.25) is 5.02 Å². The van der Waals surface area contributed by atoms with Crippen LogP contribution in [-0.2, 0) is 4.84 Å². The molecule has 1 aromatic carbocycles. The van der Waals surface area contributed by atoms with Gasteiger partial charge >= 0.3 is 0 Å². The highest BCUT2D eigenvalue weighted by Gasteiger charge is 2.27. The van der Waals surface area contributed by atoms with E-state index in [-0.39, 0.29) is 0 Å². The molecule has 0 aromatic heterocycles. The van der Waals surface area contributed by atoms with Gasteiger partial charge < -0.3 is 14.5 Å². The van der Waals surface area contributed by atoms with E-state index in [4.69, 9.17) is 27.1 Å². The highest BCUT2D eigenvalue weighted by atomic mass is 35.5. The highest BCUT2D eigenvalue weighted by molar-refractivity contribution is 6.30. The summed E-state index contributed by atoms with van der Waals surface area (Å²) in [6.45, 7) is 1.50. The minimum absolute atomic E-state index is 0.298. The summed E-state index contributed by atoms with van der Waals surface area (Å²) < 4.78 is 5.37. The van der Waals surface area contributed by atoms with E-state index < -0.39 is 0 Å². The summed E-state index contributed by atoms with van der Waals surface area (Å²) in [6, 6.07) is 5.94. The van der Waals surface area contributed by atoms with Crippen molar-refractivity contribution in [2.45, 2.75) is 18.9 Å². The molecule has 1 saturated heterocycles. The lowest BCUT2D eigenvalue weighted by atomic mass is 10.2. The van der Waals surface area contributed by atoms with Crippen molar-refractivity contribution >= 4 is 17.3 Å². The third-order valence-electron chi connectivity index (χ3n) is 3.12. The Morgan fingerprint density at radius 3 is 3.06 bits per heavy atom. The van der Waals surface area contributed by atoms with Crippen molar-refractivity contribution < 1.29 is 9.57 Å².